The van der Waals surface area contributed by atoms with Crippen molar-refractivity contribution in [2.45, 2.75) is 37.6 Å². The Kier molecular flexibility index (Phi) is 12.4. The smallest absolute Gasteiger partial charge is 0.310 e. The molecular formula is C34H49N5O8. The summed E-state index contributed by atoms with van der Waals surface area (Å²) in [6.07, 6.45) is 4.16. The first-order chi connectivity index (χ1) is 23.0. The molecule has 1 saturated heterocycles. The van der Waals surface area contributed by atoms with Gasteiger partial charge in [-0.3, -0.25) is 9.59 Å². The fourth-order valence-electron chi connectivity index (χ4n) is 6.77. The molecule has 2 heterocycles. The Morgan fingerprint density at radius 3 is 2.06 bits per heavy atom. The number of carbonyl (C=O) groups is 2. The molecule has 0 bridgehead atoms. The maximum Gasteiger partial charge on any atom is 0.310 e. The molecule has 0 saturated carbocycles. The number of fused-ring (bicyclic) bond motifs is 3. The first kappa shape index (κ1) is 34.6. The van der Waals surface area contributed by atoms with Crippen LogP contribution in [0.3, 0.4) is 0 Å². The minimum atomic E-state index is -0.559. The van der Waals surface area contributed by atoms with Gasteiger partial charge >= 0.3 is 5.97 Å². The summed E-state index contributed by atoms with van der Waals surface area (Å²) in [7, 11) is 4.67. The largest absolute Gasteiger partial charge is 0.493 e. The van der Waals surface area contributed by atoms with E-state index in [-0.39, 0.29) is 37.7 Å². The van der Waals surface area contributed by atoms with Gasteiger partial charge in [0, 0.05) is 11.8 Å². The number of benzene rings is 2. The van der Waals surface area contributed by atoms with Gasteiger partial charge in [0.05, 0.1) is 46.4 Å². The Morgan fingerprint density at radius 2 is 1.43 bits per heavy atom. The molecule has 2 aliphatic heterocycles. The molecular weight excluding hydrogens is 606 g/mol. The van der Waals surface area contributed by atoms with Crippen LogP contribution in [-0.2, 0) is 14.3 Å². The second kappa shape index (κ2) is 16.9. The van der Waals surface area contributed by atoms with Crippen LogP contribution in [-0.4, -0.2) is 92.4 Å². The minimum Gasteiger partial charge on any atom is -0.493 e. The fourth-order valence-corrected chi connectivity index (χ4v) is 6.77. The highest BCUT2D eigenvalue weighted by Gasteiger charge is 2.53. The number of esters is 1. The van der Waals surface area contributed by atoms with E-state index in [1.54, 1.807) is 21.3 Å². The average Bonchev–Trinajstić information content (AvgIpc) is 3.71. The zero-order valence-corrected chi connectivity index (χ0v) is 27.7. The van der Waals surface area contributed by atoms with Crippen LogP contribution in [0, 0.1) is 11.8 Å². The van der Waals surface area contributed by atoms with E-state index in [9.17, 15) is 9.59 Å². The third kappa shape index (κ3) is 8.03. The predicted molar refractivity (Wildman–Crippen MR) is 175 cm³/mol. The van der Waals surface area contributed by atoms with Gasteiger partial charge in [0.15, 0.2) is 23.0 Å². The lowest BCUT2D eigenvalue weighted by Crippen LogP contribution is -2.45. The van der Waals surface area contributed by atoms with Gasteiger partial charge < -0.3 is 55.4 Å². The van der Waals surface area contributed by atoms with Crippen LogP contribution in [0.4, 0.5) is 0 Å². The fraction of sp³-hybridized carbons (Fsp3) is 0.588. The van der Waals surface area contributed by atoms with E-state index in [4.69, 9.17) is 34.2 Å². The molecule has 1 aliphatic carbocycles. The topological polar surface area (TPSA) is 164 Å². The van der Waals surface area contributed by atoms with E-state index >= 15 is 0 Å². The van der Waals surface area contributed by atoms with E-state index in [0.717, 1.165) is 75.1 Å². The first-order valence-corrected chi connectivity index (χ1v) is 16.5. The van der Waals surface area contributed by atoms with Crippen LogP contribution in [0.2, 0.25) is 0 Å². The molecule has 4 unspecified atom stereocenters. The molecule has 1 fully saturated rings. The molecule has 6 N–H and O–H groups in total. The van der Waals surface area contributed by atoms with Crippen molar-refractivity contribution in [2.75, 3.05) is 80.5 Å². The number of nitrogens with one attached hydrogen (secondary N) is 4. The normalized spacial score (nSPS) is 20.7. The first-order valence-electron chi connectivity index (χ1n) is 16.5. The standard InChI is InChI=1S/C34H49N5O8/c1-42-27-14-21(15-28(43-2)33(27)44-3)30-22-16-25-26(47-20-46-25)17-23(22)32(24-19-45-34(41)31(24)30)39-29(40)18-38-13-7-12-37-10-5-4-9-36-11-6-8-35/h14-17,24,30-32,36-38H,4-13,18-20,35H2,1-3H3,(H,39,40). The highest BCUT2D eigenvalue weighted by Crippen LogP contribution is 2.55. The van der Waals surface area contributed by atoms with E-state index in [2.05, 4.69) is 21.3 Å². The summed E-state index contributed by atoms with van der Waals surface area (Å²) in [5, 5.41) is 13.3. The number of carbonyl (C=O) groups excluding carboxylic acids is 2. The van der Waals surface area contributed by atoms with Gasteiger partial charge in [0.1, 0.15) is 0 Å². The van der Waals surface area contributed by atoms with Gasteiger partial charge in [0.2, 0.25) is 18.4 Å². The summed E-state index contributed by atoms with van der Waals surface area (Å²) in [6.45, 7) is 5.72. The lowest BCUT2D eigenvalue weighted by molar-refractivity contribution is -0.141. The summed E-state index contributed by atoms with van der Waals surface area (Å²) in [5.74, 6) is 0.865. The molecule has 3 aliphatic rings. The number of amides is 1. The molecule has 5 rings (SSSR count). The van der Waals surface area contributed by atoms with Crippen molar-refractivity contribution in [3.8, 4) is 28.7 Å². The predicted octanol–water partition coefficient (Wildman–Crippen LogP) is 1.82. The molecule has 4 atom stereocenters. The number of rotatable bonds is 19. The number of methoxy groups -OCH3 is 3. The van der Waals surface area contributed by atoms with Gasteiger partial charge in [0.25, 0.3) is 0 Å². The molecule has 1 amide bonds. The molecule has 47 heavy (non-hydrogen) atoms. The average molecular weight is 656 g/mol. The monoisotopic (exact) mass is 655 g/mol. The summed E-state index contributed by atoms with van der Waals surface area (Å²) in [4.78, 5) is 26.7. The van der Waals surface area contributed by atoms with Gasteiger partial charge in [-0.05, 0) is 106 Å². The highest BCUT2D eigenvalue weighted by atomic mass is 16.7. The summed E-state index contributed by atoms with van der Waals surface area (Å²) < 4.78 is 34.0. The summed E-state index contributed by atoms with van der Waals surface area (Å²) in [5.41, 5.74) is 8.01. The third-order valence-corrected chi connectivity index (χ3v) is 9.06. The Hall–Kier alpha value is -3.78. The number of ether oxygens (including phenoxy) is 6. The van der Waals surface area contributed by atoms with Crippen LogP contribution in [0.15, 0.2) is 24.3 Å². The highest BCUT2D eigenvalue weighted by molar-refractivity contribution is 5.81. The number of unbranched alkanes of at least 4 members (excludes halogenated alkanes) is 1. The Bertz CT molecular complexity index is 1350. The Labute approximate surface area is 276 Å². The van der Waals surface area contributed by atoms with Gasteiger partial charge in [-0.1, -0.05) is 0 Å². The van der Waals surface area contributed by atoms with Crippen molar-refractivity contribution in [1.29, 1.82) is 0 Å². The van der Waals surface area contributed by atoms with Crippen molar-refractivity contribution in [1.82, 2.24) is 21.3 Å². The molecule has 13 heteroatoms. The number of hydrogen-bond donors (Lipinski definition) is 5. The lowest BCUT2D eigenvalue weighted by Gasteiger charge is -2.39. The van der Waals surface area contributed by atoms with Gasteiger partial charge in [-0.15, -0.1) is 0 Å². The van der Waals surface area contributed by atoms with Gasteiger partial charge in [-0.2, -0.15) is 0 Å². The molecule has 0 spiro atoms. The van der Waals surface area contributed by atoms with Crippen LogP contribution < -0.4 is 50.7 Å². The molecule has 258 valence electrons. The van der Waals surface area contributed by atoms with Crippen LogP contribution in [0.5, 0.6) is 28.7 Å². The molecule has 0 radical (unpaired) electrons. The third-order valence-electron chi connectivity index (χ3n) is 9.06. The summed E-state index contributed by atoms with van der Waals surface area (Å²) in [6, 6.07) is 7.10. The maximum absolute atomic E-state index is 13.4. The zero-order chi connectivity index (χ0) is 33.2. The lowest BCUT2D eigenvalue weighted by atomic mass is 9.65. The van der Waals surface area contributed by atoms with E-state index in [0.29, 0.717) is 35.3 Å². The van der Waals surface area contributed by atoms with E-state index < -0.39 is 17.9 Å². The number of nitrogens with two attached hydrogens (primary N) is 1. The second-order valence-corrected chi connectivity index (χ2v) is 12.0. The number of hydrogen-bond acceptors (Lipinski definition) is 12. The van der Waals surface area contributed by atoms with Crippen LogP contribution in [0.25, 0.3) is 0 Å². The maximum atomic E-state index is 13.4. The van der Waals surface area contributed by atoms with E-state index in [1.807, 2.05) is 24.3 Å². The van der Waals surface area contributed by atoms with Crippen molar-refractivity contribution in [3.05, 3.63) is 41.0 Å². The van der Waals surface area contributed by atoms with Crippen LogP contribution in [0.1, 0.15) is 54.3 Å². The molecule has 0 aromatic heterocycles. The summed E-state index contributed by atoms with van der Waals surface area (Å²) >= 11 is 0. The van der Waals surface area contributed by atoms with Crippen molar-refractivity contribution >= 4 is 11.9 Å². The van der Waals surface area contributed by atoms with Crippen molar-refractivity contribution < 1.29 is 38.0 Å². The van der Waals surface area contributed by atoms with Crippen molar-refractivity contribution in [3.63, 3.8) is 0 Å². The molecule has 13 nitrogen and oxygen atoms in total. The number of cyclic esters (lactones) is 1. The minimum absolute atomic E-state index is 0.101. The Balaban J connectivity index is 1.25. The van der Waals surface area contributed by atoms with Crippen molar-refractivity contribution in [2.24, 2.45) is 17.6 Å². The van der Waals surface area contributed by atoms with Crippen LogP contribution >= 0.6 is 0 Å². The molecule has 2 aromatic rings. The quantitative estimate of drug-likeness (QED) is 0.110. The SMILES string of the molecule is COc1cc(C2c3cc4c(cc3C(NC(=O)CNCCCNCCCCNCCCN)C3COC(=O)C23)OCO4)cc(OC)c1OC. The Morgan fingerprint density at radius 1 is 0.809 bits per heavy atom. The second-order valence-electron chi connectivity index (χ2n) is 12.0. The van der Waals surface area contributed by atoms with E-state index in [1.165, 1.54) is 0 Å². The molecule has 2 aromatic carbocycles. The zero-order valence-electron chi connectivity index (χ0n) is 27.7. The van der Waals surface area contributed by atoms with Gasteiger partial charge in [-0.25, -0.2) is 0 Å².